The fourth-order valence-corrected chi connectivity index (χ4v) is 21.0. The highest BCUT2D eigenvalue weighted by Gasteiger charge is 2.32. The molecule has 4 aromatic rings. The summed E-state index contributed by atoms with van der Waals surface area (Å²) in [6, 6.07) is 21.0. The van der Waals surface area contributed by atoms with Gasteiger partial charge in [0.1, 0.15) is 0 Å². The molecule has 0 aliphatic rings. The first-order chi connectivity index (χ1) is 24.0. The molecular weight excluding hydrogens is 741 g/mol. The predicted molar refractivity (Wildman–Crippen MR) is 234 cm³/mol. The molecule has 0 unspecified atom stereocenters. The van der Waals surface area contributed by atoms with Crippen LogP contribution >= 0.6 is 45.3 Å². The van der Waals surface area contributed by atoms with E-state index in [4.69, 9.17) is 4.12 Å². The molecule has 0 fully saturated rings. The lowest BCUT2D eigenvalue weighted by molar-refractivity contribution is 0.0975. The van der Waals surface area contributed by atoms with Gasteiger partial charge in [-0.25, -0.2) is 0 Å². The van der Waals surface area contributed by atoms with Crippen molar-refractivity contribution < 1.29 is 13.7 Å². The highest BCUT2D eigenvalue weighted by atomic mass is 32.1. The Labute approximate surface area is 324 Å². The zero-order chi connectivity index (χ0) is 36.0. The van der Waals surface area contributed by atoms with Gasteiger partial charge in [0.15, 0.2) is 28.2 Å². The lowest BCUT2D eigenvalue weighted by Gasteiger charge is -2.34. The first-order valence-corrected chi connectivity index (χ1v) is 30.1. The van der Waals surface area contributed by atoms with Crippen molar-refractivity contribution in [3.05, 3.63) is 58.3 Å². The second-order valence-corrected chi connectivity index (χ2v) is 29.2. The Bertz CT molecular complexity index is 1610. The molecule has 0 radical (unpaired) electrons. The minimum absolute atomic E-state index is 0.269. The molecule has 3 nitrogen and oxygen atoms in total. The molecule has 0 aliphatic heterocycles. The second kappa shape index (κ2) is 20.8. The number of Topliss-reactive ketones (excluding diaryl/α,β-unsaturated/α-hetero) is 2. The third-order valence-electron chi connectivity index (χ3n) is 9.33. The van der Waals surface area contributed by atoms with Crippen LogP contribution in [0.25, 0.3) is 29.3 Å². The largest absolute Gasteiger partial charge is 0.455 e. The fraction of sp³-hybridized carbons (Fsp3) is 0.550. The molecule has 0 N–H and O–H groups in total. The van der Waals surface area contributed by atoms with Crippen molar-refractivity contribution in [1.82, 2.24) is 0 Å². The van der Waals surface area contributed by atoms with E-state index in [2.05, 4.69) is 69.5 Å². The Kier molecular flexibility index (Phi) is 17.3. The van der Waals surface area contributed by atoms with Crippen molar-refractivity contribution in [2.75, 3.05) is 0 Å². The minimum atomic E-state index is -1.53. The molecule has 50 heavy (non-hydrogen) atoms. The zero-order valence-electron chi connectivity index (χ0n) is 31.5. The molecule has 4 rings (SSSR count). The van der Waals surface area contributed by atoms with Crippen LogP contribution in [0, 0.1) is 0 Å². The first-order valence-electron chi connectivity index (χ1n) is 19.2. The zero-order valence-corrected chi connectivity index (χ0v) is 38.8. The highest BCUT2D eigenvalue weighted by Crippen LogP contribution is 2.43. The molecule has 0 saturated heterocycles. The lowest BCUT2D eigenvalue weighted by Crippen LogP contribution is -2.44. The Balaban J connectivity index is 1.13. The number of unbranched alkanes of at least 4 members (excludes halogenated alkanes) is 9. The predicted octanol–water partition coefficient (Wildman–Crippen LogP) is 14.0. The van der Waals surface area contributed by atoms with Crippen LogP contribution in [0.15, 0.2) is 48.5 Å². The normalized spacial score (nSPS) is 12.3. The van der Waals surface area contributed by atoms with E-state index in [9.17, 15) is 9.59 Å². The quantitative estimate of drug-likeness (QED) is 0.0381. The molecule has 0 saturated carbocycles. The van der Waals surface area contributed by atoms with Gasteiger partial charge in [0.05, 0.1) is 9.75 Å². The summed E-state index contributed by atoms with van der Waals surface area (Å²) in [6.07, 6.45) is 15.9. The van der Waals surface area contributed by atoms with Crippen molar-refractivity contribution in [2.45, 2.75) is 141 Å². The van der Waals surface area contributed by atoms with E-state index in [1.165, 1.54) is 103 Å². The van der Waals surface area contributed by atoms with Crippen LogP contribution in [-0.4, -0.2) is 38.4 Å². The number of ketones is 2. The summed E-state index contributed by atoms with van der Waals surface area (Å²) >= 11 is 6.83. The summed E-state index contributed by atoms with van der Waals surface area (Å²) in [5.74, 6) is 0.558. The summed E-state index contributed by atoms with van der Waals surface area (Å²) in [4.78, 5) is 34.6. The van der Waals surface area contributed by atoms with E-state index in [1.807, 2.05) is 12.1 Å². The smallest absolute Gasteiger partial charge is 0.173 e. The van der Waals surface area contributed by atoms with Gasteiger partial charge in [0.2, 0.25) is 0 Å². The van der Waals surface area contributed by atoms with E-state index in [0.29, 0.717) is 12.8 Å². The van der Waals surface area contributed by atoms with Gasteiger partial charge in [0.25, 0.3) is 0 Å². The molecule has 4 aromatic heterocycles. The van der Waals surface area contributed by atoms with Crippen LogP contribution < -0.4 is 0 Å². The van der Waals surface area contributed by atoms with E-state index in [-0.39, 0.29) is 11.6 Å². The van der Waals surface area contributed by atoms with Crippen molar-refractivity contribution in [3.63, 3.8) is 0 Å². The molecule has 0 atom stereocenters. The summed E-state index contributed by atoms with van der Waals surface area (Å²) in [6.45, 7) is 11.9. The van der Waals surface area contributed by atoms with Crippen molar-refractivity contribution in [3.8, 4) is 29.3 Å². The fourth-order valence-electron chi connectivity index (χ4n) is 6.58. The summed E-state index contributed by atoms with van der Waals surface area (Å²) < 4.78 is 6.78. The molecule has 0 aromatic carbocycles. The number of carbonyl (C=O) groups is 2. The van der Waals surface area contributed by atoms with Crippen LogP contribution in [0.4, 0.5) is 0 Å². The van der Waals surface area contributed by atoms with Crippen LogP contribution in [-0.2, 0) is 4.12 Å². The molecule has 0 spiro atoms. The molecule has 4 heterocycles. The van der Waals surface area contributed by atoms with E-state index < -0.39 is 16.6 Å². The number of hydrogen-bond donors (Lipinski definition) is 0. The topological polar surface area (TPSA) is 43.4 Å². The monoisotopic (exact) mass is 800 g/mol. The summed E-state index contributed by atoms with van der Waals surface area (Å²) in [5.41, 5.74) is 0. The minimum Gasteiger partial charge on any atom is -0.455 e. The average Bonchev–Trinajstić information content (AvgIpc) is 3.90. The number of carbonyl (C=O) groups excluding carboxylic acids is 2. The molecular formula is C40H60O3S4Si3. The third-order valence-corrected chi connectivity index (χ3v) is 22.6. The van der Waals surface area contributed by atoms with Crippen molar-refractivity contribution >= 4 is 83.8 Å². The Morgan fingerprint density at radius 3 is 1.32 bits per heavy atom. The second-order valence-electron chi connectivity index (χ2n) is 15.0. The van der Waals surface area contributed by atoms with Gasteiger partial charge in [-0.15, -0.1) is 45.3 Å². The van der Waals surface area contributed by atoms with E-state index >= 15 is 0 Å². The highest BCUT2D eigenvalue weighted by molar-refractivity contribution is 7.29. The van der Waals surface area contributed by atoms with Gasteiger partial charge in [-0.3, -0.25) is 9.59 Å². The number of hydrogen-bond acceptors (Lipinski definition) is 7. The molecule has 0 bridgehead atoms. The first kappa shape index (κ1) is 41.5. The average molecular weight is 801 g/mol. The van der Waals surface area contributed by atoms with E-state index in [1.54, 1.807) is 45.3 Å². The molecule has 0 amide bonds. The van der Waals surface area contributed by atoms with Gasteiger partial charge in [-0.2, -0.15) is 0 Å². The maximum atomic E-state index is 13.0. The molecule has 10 heteroatoms. The summed E-state index contributed by atoms with van der Waals surface area (Å²) in [7, 11) is -1.67. The summed E-state index contributed by atoms with van der Waals surface area (Å²) in [5, 5.41) is 0. The van der Waals surface area contributed by atoms with E-state index in [0.717, 1.165) is 41.9 Å². The van der Waals surface area contributed by atoms with Gasteiger partial charge in [0, 0.05) is 52.3 Å². The molecule has 0 aliphatic carbocycles. The van der Waals surface area contributed by atoms with Gasteiger partial charge < -0.3 is 4.12 Å². The SMILES string of the molecule is CCCCCC(=O)c1ccc(-c2ccc(-c3ccc(-c4ccc(C(=O)CCCCCCCCCC[Si](C)(C)O[Si](C)(C)CCC[SiH3])s4)s3)s2)s1. The Morgan fingerprint density at radius 1 is 0.520 bits per heavy atom. The van der Waals surface area contributed by atoms with Crippen molar-refractivity contribution in [2.24, 2.45) is 0 Å². The standard InChI is InChI=1S/C40H60O3S4Si3/c1-6-7-14-18-31(41)33-20-22-35(44-33)37-24-26-39(46-37)40-27-25-38(47-40)36-23-21-34(45-36)32(42)19-15-12-10-8-9-11-13-16-29-49(2,3)43-50(4,5)30-17-28-48/h20-27H,6-19,28-30H2,1-5,48H3. The van der Waals surface area contributed by atoms with Crippen LogP contribution in [0.1, 0.15) is 116 Å². The van der Waals surface area contributed by atoms with Crippen LogP contribution in [0.3, 0.4) is 0 Å². The maximum Gasteiger partial charge on any atom is 0.173 e. The van der Waals surface area contributed by atoms with Gasteiger partial charge in [-0.1, -0.05) is 77.2 Å². The van der Waals surface area contributed by atoms with Crippen LogP contribution in [0.2, 0.25) is 44.3 Å². The maximum absolute atomic E-state index is 13.0. The third kappa shape index (κ3) is 13.6. The van der Waals surface area contributed by atoms with Crippen molar-refractivity contribution in [1.29, 1.82) is 0 Å². The Morgan fingerprint density at radius 2 is 0.880 bits per heavy atom. The van der Waals surface area contributed by atoms with Gasteiger partial charge >= 0.3 is 0 Å². The number of rotatable bonds is 25. The van der Waals surface area contributed by atoms with Crippen LogP contribution in [0.5, 0.6) is 0 Å². The van der Waals surface area contributed by atoms with Gasteiger partial charge in [-0.05, 0) is 99.6 Å². The molecule has 274 valence electrons. The number of thiophene rings is 4. The Hall–Kier alpha value is -1.25. The lowest BCUT2D eigenvalue weighted by atomic mass is 10.1.